The Hall–Kier alpha value is -3.75. The van der Waals surface area contributed by atoms with Crippen LogP contribution in [0.15, 0.2) is 0 Å². The molecule has 9 N–H and O–H groups in total. The highest BCUT2D eigenvalue weighted by Gasteiger charge is 2.27. The quantitative estimate of drug-likeness (QED) is 0.125. The summed E-state index contributed by atoms with van der Waals surface area (Å²) in [5.74, 6) is -7.73. The van der Waals surface area contributed by atoms with E-state index in [-0.39, 0.29) is 6.42 Å². The van der Waals surface area contributed by atoms with E-state index in [4.69, 9.17) is 21.1 Å². The number of carboxylic acid groups (broad SMARTS) is 3. The highest BCUT2D eigenvalue weighted by molar-refractivity contribution is 5.95. The van der Waals surface area contributed by atoms with Crippen LogP contribution in [0.5, 0.6) is 0 Å². The Balaban J connectivity index is 5.05. The molecule has 0 aliphatic heterocycles. The van der Waals surface area contributed by atoms with Gasteiger partial charge in [0.05, 0.1) is 19.0 Å². The van der Waals surface area contributed by atoms with Gasteiger partial charge in [-0.1, -0.05) is 0 Å². The Morgan fingerprint density at radius 3 is 1.84 bits per heavy atom. The van der Waals surface area contributed by atoms with Crippen molar-refractivity contribution in [3.63, 3.8) is 0 Å². The van der Waals surface area contributed by atoms with Crippen LogP contribution in [-0.2, 0) is 33.6 Å². The van der Waals surface area contributed by atoms with Crippen molar-refractivity contribution in [3.05, 3.63) is 0 Å². The van der Waals surface area contributed by atoms with Crippen LogP contribution in [0.1, 0.15) is 33.1 Å². The van der Waals surface area contributed by atoms with Crippen molar-refractivity contribution < 1.29 is 48.9 Å². The maximum Gasteiger partial charge on any atom is 0.325 e. The number of hydrogen-bond donors (Lipinski definition) is 8. The predicted molar refractivity (Wildman–Crippen MR) is 105 cm³/mol. The molecule has 0 saturated heterocycles. The molecule has 0 aliphatic carbocycles. The molecule has 32 heavy (non-hydrogen) atoms. The van der Waals surface area contributed by atoms with E-state index in [2.05, 4.69) is 21.3 Å². The average Bonchev–Trinajstić information content (AvgIpc) is 2.67. The zero-order valence-corrected chi connectivity index (χ0v) is 17.4. The van der Waals surface area contributed by atoms with E-state index < -0.39 is 85.1 Å². The summed E-state index contributed by atoms with van der Waals surface area (Å²) in [4.78, 5) is 80.6. The lowest BCUT2D eigenvalue weighted by molar-refractivity contribution is -0.142. The van der Waals surface area contributed by atoms with Crippen LogP contribution in [0.4, 0.5) is 0 Å². The first-order valence-corrected chi connectivity index (χ1v) is 9.34. The first-order chi connectivity index (χ1) is 14.7. The summed E-state index contributed by atoms with van der Waals surface area (Å²) >= 11 is 0. The molecule has 0 aromatic carbocycles. The molecule has 0 saturated carbocycles. The van der Waals surface area contributed by atoms with Gasteiger partial charge in [0.2, 0.25) is 23.6 Å². The van der Waals surface area contributed by atoms with Gasteiger partial charge in [0.15, 0.2) is 0 Å². The lowest BCUT2D eigenvalue weighted by Crippen LogP contribution is -2.55. The molecule has 15 heteroatoms. The fourth-order valence-corrected chi connectivity index (χ4v) is 2.14. The van der Waals surface area contributed by atoms with Gasteiger partial charge in [-0.3, -0.25) is 33.6 Å². The van der Waals surface area contributed by atoms with Gasteiger partial charge in [-0.25, -0.2) is 0 Å². The van der Waals surface area contributed by atoms with Crippen LogP contribution >= 0.6 is 0 Å². The van der Waals surface area contributed by atoms with Gasteiger partial charge in [-0.2, -0.15) is 0 Å². The summed E-state index contributed by atoms with van der Waals surface area (Å²) in [5.41, 5.74) is 5.35. The van der Waals surface area contributed by atoms with Gasteiger partial charge in [0, 0.05) is 6.42 Å². The SMILES string of the molecule is C[C@H](N)C(=O)N[C@@H](CC(=O)O)C(=O)NCC(=O)N[C@@H](CCC(=O)O)C(=O)N[C@@H](C)C(=O)O. The number of carbonyl (C=O) groups excluding carboxylic acids is 4. The Morgan fingerprint density at radius 1 is 0.781 bits per heavy atom. The van der Waals surface area contributed by atoms with Crippen molar-refractivity contribution in [3.8, 4) is 0 Å². The lowest BCUT2D eigenvalue weighted by atomic mass is 10.1. The van der Waals surface area contributed by atoms with Crippen molar-refractivity contribution in [1.29, 1.82) is 0 Å². The fraction of sp³-hybridized carbons (Fsp3) is 0.588. The predicted octanol–water partition coefficient (Wildman–Crippen LogP) is -3.65. The third-order valence-electron chi connectivity index (χ3n) is 3.88. The maximum atomic E-state index is 12.2. The fourth-order valence-electron chi connectivity index (χ4n) is 2.14. The van der Waals surface area contributed by atoms with Gasteiger partial charge < -0.3 is 42.3 Å². The number of hydrogen-bond acceptors (Lipinski definition) is 8. The standard InChI is InChI=1S/C17H27N5O10/c1-7(18)14(28)22-10(5-13(26)27)15(29)19-6-11(23)21-9(3-4-12(24)25)16(30)20-8(2)17(31)32/h7-10H,3-6,18H2,1-2H3,(H,19,29)(H,20,30)(H,21,23)(H,22,28)(H,24,25)(H,26,27)(H,31,32)/t7-,8-,9-,10-/m0/s1. The third-order valence-corrected chi connectivity index (χ3v) is 3.88. The van der Waals surface area contributed by atoms with E-state index in [9.17, 15) is 33.6 Å². The maximum absolute atomic E-state index is 12.2. The summed E-state index contributed by atoms with van der Waals surface area (Å²) in [7, 11) is 0. The second-order valence-electron chi connectivity index (χ2n) is 6.79. The molecule has 0 fully saturated rings. The smallest absolute Gasteiger partial charge is 0.325 e. The first kappa shape index (κ1) is 28.2. The van der Waals surface area contributed by atoms with E-state index in [0.29, 0.717) is 0 Å². The summed E-state index contributed by atoms with van der Waals surface area (Å²) < 4.78 is 0. The van der Waals surface area contributed by atoms with Gasteiger partial charge >= 0.3 is 17.9 Å². The highest BCUT2D eigenvalue weighted by Crippen LogP contribution is 2.00. The molecule has 0 radical (unpaired) electrons. The van der Waals surface area contributed by atoms with Crippen LogP contribution in [0, 0.1) is 0 Å². The minimum absolute atomic E-state index is 0.362. The molecule has 0 unspecified atom stereocenters. The van der Waals surface area contributed by atoms with Crippen molar-refractivity contribution in [1.82, 2.24) is 21.3 Å². The molecule has 0 spiro atoms. The van der Waals surface area contributed by atoms with E-state index in [1.165, 1.54) is 6.92 Å². The molecular formula is C17H27N5O10. The number of amides is 4. The van der Waals surface area contributed by atoms with Crippen LogP contribution in [0.25, 0.3) is 0 Å². The Labute approximate surface area is 182 Å². The van der Waals surface area contributed by atoms with Crippen molar-refractivity contribution in [2.24, 2.45) is 5.73 Å². The number of rotatable bonds is 14. The molecule has 180 valence electrons. The van der Waals surface area contributed by atoms with Gasteiger partial charge in [0.25, 0.3) is 0 Å². The number of nitrogens with one attached hydrogen (secondary N) is 4. The monoisotopic (exact) mass is 461 g/mol. The molecular weight excluding hydrogens is 434 g/mol. The summed E-state index contributed by atoms with van der Waals surface area (Å²) in [6.45, 7) is 1.73. The topological polar surface area (TPSA) is 254 Å². The van der Waals surface area contributed by atoms with Crippen molar-refractivity contribution in [2.45, 2.75) is 57.3 Å². The third kappa shape index (κ3) is 11.4. The largest absolute Gasteiger partial charge is 0.481 e. The van der Waals surface area contributed by atoms with E-state index in [1.54, 1.807) is 0 Å². The number of carbonyl (C=O) groups is 7. The molecule has 0 bridgehead atoms. The van der Waals surface area contributed by atoms with Gasteiger partial charge in [-0.15, -0.1) is 0 Å². The van der Waals surface area contributed by atoms with Crippen LogP contribution in [0.3, 0.4) is 0 Å². The molecule has 4 amide bonds. The summed E-state index contributed by atoms with van der Waals surface area (Å²) in [6, 6.07) is -5.27. The average molecular weight is 461 g/mol. The highest BCUT2D eigenvalue weighted by atomic mass is 16.4. The van der Waals surface area contributed by atoms with E-state index in [0.717, 1.165) is 6.92 Å². The Bertz CT molecular complexity index is 754. The first-order valence-electron chi connectivity index (χ1n) is 9.34. The Morgan fingerprint density at radius 2 is 1.38 bits per heavy atom. The van der Waals surface area contributed by atoms with Gasteiger partial charge in [0.1, 0.15) is 18.1 Å². The molecule has 4 atom stereocenters. The van der Waals surface area contributed by atoms with Crippen LogP contribution in [0.2, 0.25) is 0 Å². The number of carboxylic acids is 3. The Kier molecular flexibility index (Phi) is 11.9. The number of aliphatic carboxylic acids is 3. The zero-order valence-electron chi connectivity index (χ0n) is 17.4. The minimum atomic E-state index is -1.53. The molecule has 0 rings (SSSR count). The van der Waals surface area contributed by atoms with Crippen molar-refractivity contribution in [2.75, 3.05) is 6.54 Å². The molecule has 15 nitrogen and oxygen atoms in total. The molecule has 0 aliphatic rings. The zero-order chi connectivity index (χ0) is 25.0. The molecule has 0 aromatic heterocycles. The normalized spacial score (nSPS) is 14.1. The lowest BCUT2D eigenvalue weighted by Gasteiger charge is -2.20. The van der Waals surface area contributed by atoms with Crippen molar-refractivity contribution >= 4 is 41.5 Å². The van der Waals surface area contributed by atoms with Crippen LogP contribution in [-0.4, -0.2) is 87.6 Å². The van der Waals surface area contributed by atoms with Crippen LogP contribution < -0.4 is 27.0 Å². The van der Waals surface area contributed by atoms with E-state index in [1.807, 2.05) is 0 Å². The second kappa shape index (κ2) is 13.5. The summed E-state index contributed by atoms with van der Waals surface area (Å²) in [5, 5.41) is 35.0. The number of nitrogens with two attached hydrogens (primary N) is 1. The van der Waals surface area contributed by atoms with E-state index >= 15 is 0 Å². The second-order valence-corrected chi connectivity index (χ2v) is 6.79. The minimum Gasteiger partial charge on any atom is -0.481 e. The molecule has 0 heterocycles. The molecule has 0 aromatic rings. The van der Waals surface area contributed by atoms with Gasteiger partial charge in [-0.05, 0) is 20.3 Å². The summed E-state index contributed by atoms with van der Waals surface area (Å²) in [6.07, 6.45) is -1.67.